The maximum Gasteiger partial charge on any atom is 0.321 e. The highest BCUT2D eigenvalue weighted by Gasteiger charge is 2.11. The lowest BCUT2D eigenvalue weighted by atomic mass is 10.1. The Balaban J connectivity index is 1.95. The largest absolute Gasteiger partial charge is 0.493 e. The number of carbonyl (C=O) groups excluding carboxylic acids is 1. The molecule has 2 aromatic rings. The zero-order valence-corrected chi connectivity index (χ0v) is 15.8. The van der Waals surface area contributed by atoms with E-state index in [1.807, 2.05) is 18.2 Å². The molecule has 2 rings (SSSR count). The number of halogens is 2. The van der Waals surface area contributed by atoms with Crippen LogP contribution in [0.1, 0.15) is 5.56 Å². The molecule has 0 aliphatic rings. The third kappa shape index (κ3) is 5.44. The molecule has 0 unspecified atom stereocenters. The number of methoxy groups -OCH3 is 2. The van der Waals surface area contributed by atoms with Crippen LogP contribution in [-0.2, 0) is 6.42 Å². The number of hydrogen-bond acceptors (Lipinski definition) is 3. The van der Waals surface area contributed by atoms with E-state index in [1.165, 1.54) is 0 Å². The van der Waals surface area contributed by atoms with Gasteiger partial charge < -0.3 is 19.7 Å². The summed E-state index contributed by atoms with van der Waals surface area (Å²) in [5.74, 6) is 1.34. The van der Waals surface area contributed by atoms with Gasteiger partial charge in [-0.15, -0.1) is 0 Å². The van der Waals surface area contributed by atoms with Crippen LogP contribution < -0.4 is 14.8 Å². The second-order valence-corrected chi connectivity index (χ2v) is 6.32. The van der Waals surface area contributed by atoms with Crippen molar-refractivity contribution in [3.05, 3.63) is 52.0 Å². The number of benzene rings is 2. The van der Waals surface area contributed by atoms with E-state index in [4.69, 9.17) is 32.7 Å². The van der Waals surface area contributed by atoms with Gasteiger partial charge in [-0.3, -0.25) is 0 Å². The molecule has 0 bridgehead atoms. The van der Waals surface area contributed by atoms with E-state index in [1.54, 1.807) is 44.4 Å². The third-order valence-electron chi connectivity index (χ3n) is 3.64. The molecule has 0 aliphatic carbocycles. The molecule has 0 fully saturated rings. The lowest BCUT2D eigenvalue weighted by Crippen LogP contribution is -2.33. The highest BCUT2D eigenvalue weighted by molar-refractivity contribution is 6.35. The van der Waals surface area contributed by atoms with Crippen LogP contribution in [0.15, 0.2) is 36.4 Å². The number of urea groups is 1. The summed E-state index contributed by atoms with van der Waals surface area (Å²) in [7, 11) is 4.91. The Morgan fingerprint density at radius 2 is 1.68 bits per heavy atom. The van der Waals surface area contributed by atoms with Crippen molar-refractivity contribution in [2.45, 2.75) is 6.42 Å². The summed E-state index contributed by atoms with van der Waals surface area (Å²) in [5, 5.41) is 3.71. The van der Waals surface area contributed by atoms with Gasteiger partial charge in [0.2, 0.25) is 0 Å². The molecule has 0 atom stereocenters. The molecule has 0 radical (unpaired) electrons. The third-order valence-corrected chi connectivity index (χ3v) is 4.08. The van der Waals surface area contributed by atoms with E-state index >= 15 is 0 Å². The van der Waals surface area contributed by atoms with Crippen molar-refractivity contribution in [1.82, 2.24) is 4.90 Å². The fraction of sp³-hybridized carbons (Fsp3) is 0.278. The van der Waals surface area contributed by atoms with Gasteiger partial charge in [-0.25, -0.2) is 4.79 Å². The zero-order valence-electron chi connectivity index (χ0n) is 14.3. The van der Waals surface area contributed by atoms with Crippen molar-refractivity contribution in [2.24, 2.45) is 0 Å². The van der Waals surface area contributed by atoms with Crippen molar-refractivity contribution in [3.63, 3.8) is 0 Å². The number of nitrogens with zero attached hydrogens (tertiary/aromatic N) is 1. The second-order valence-electron chi connectivity index (χ2n) is 5.45. The van der Waals surface area contributed by atoms with Gasteiger partial charge in [0.25, 0.3) is 0 Å². The zero-order chi connectivity index (χ0) is 18.4. The highest BCUT2D eigenvalue weighted by atomic mass is 35.5. The fourth-order valence-corrected chi connectivity index (χ4v) is 2.81. The quantitative estimate of drug-likeness (QED) is 0.786. The number of ether oxygens (including phenoxy) is 2. The Bertz CT molecular complexity index is 733. The van der Waals surface area contributed by atoms with Gasteiger partial charge in [-0.05, 0) is 42.3 Å². The second kappa shape index (κ2) is 8.83. The van der Waals surface area contributed by atoms with Crippen molar-refractivity contribution in [2.75, 3.05) is 33.1 Å². The molecule has 0 aliphatic heterocycles. The van der Waals surface area contributed by atoms with E-state index < -0.39 is 0 Å². The van der Waals surface area contributed by atoms with Crippen LogP contribution in [0.4, 0.5) is 10.5 Å². The van der Waals surface area contributed by atoms with E-state index in [0.29, 0.717) is 40.2 Å². The minimum absolute atomic E-state index is 0.237. The van der Waals surface area contributed by atoms with Gasteiger partial charge in [0.15, 0.2) is 11.5 Å². The molecule has 1 N–H and O–H groups in total. The molecule has 2 aromatic carbocycles. The van der Waals surface area contributed by atoms with Crippen LogP contribution in [0, 0.1) is 0 Å². The van der Waals surface area contributed by atoms with Crippen LogP contribution in [-0.4, -0.2) is 38.7 Å². The lowest BCUT2D eigenvalue weighted by Gasteiger charge is -2.18. The van der Waals surface area contributed by atoms with Gasteiger partial charge >= 0.3 is 6.03 Å². The highest BCUT2D eigenvalue weighted by Crippen LogP contribution is 2.27. The summed E-state index contributed by atoms with van der Waals surface area (Å²) < 4.78 is 10.5. The lowest BCUT2D eigenvalue weighted by molar-refractivity contribution is 0.223. The van der Waals surface area contributed by atoms with Gasteiger partial charge in [0.05, 0.1) is 14.2 Å². The van der Waals surface area contributed by atoms with E-state index in [0.717, 1.165) is 5.56 Å². The average molecular weight is 383 g/mol. The fourth-order valence-electron chi connectivity index (χ4n) is 2.28. The van der Waals surface area contributed by atoms with E-state index in [9.17, 15) is 4.79 Å². The molecule has 0 heterocycles. The molecule has 7 heteroatoms. The molecule has 25 heavy (non-hydrogen) atoms. The summed E-state index contributed by atoms with van der Waals surface area (Å²) in [6, 6.07) is 10.4. The average Bonchev–Trinajstić information content (AvgIpc) is 2.58. The van der Waals surface area contributed by atoms with Crippen molar-refractivity contribution in [3.8, 4) is 11.5 Å². The first-order valence-corrected chi connectivity index (χ1v) is 8.37. The predicted molar refractivity (Wildman–Crippen MR) is 101 cm³/mol. The number of amides is 2. The maximum absolute atomic E-state index is 12.3. The minimum Gasteiger partial charge on any atom is -0.493 e. The van der Waals surface area contributed by atoms with Crippen molar-refractivity contribution < 1.29 is 14.3 Å². The van der Waals surface area contributed by atoms with Gasteiger partial charge in [0, 0.05) is 29.3 Å². The van der Waals surface area contributed by atoms with Crippen molar-refractivity contribution >= 4 is 34.9 Å². The van der Waals surface area contributed by atoms with Crippen LogP contribution >= 0.6 is 23.2 Å². The molecular formula is C18H20Cl2N2O3. The van der Waals surface area contributed by atoms with Crippen LogP contribution in [0.5, 0.6) is 11.5 Å². The molecule has 5 nitrogen and oxygen atoms in total. The molecule has 0 saturated heterocycles. The molecule has 2 amide bonds. The predicted octanol–water partition coefficient (Wildman–Crippen LogP) is 4.72. The Kier molecular flexibility index (Phi) is 6.79. The number of likely N-dealkylation sites (N-methyl/N-ethyl adjacent to an activating group) is 1. The number of rotatable bonds is 6. The summed E-state index contributed by atoms with van der Waals surface area (Å²) in [5.41, 5.74) is 1.60. The Hall–Kier alpha value is -2.11. The Morgan fingerprint density at radius 3 is 2.28 bits per heavy atom. The van der Waals surface area contributed by atoms with Gasteiger partial charge in [0.1, 0.15) is 0 Å². The first-order chi connectivity index (χ1) is 11.9. The number of carbonyl (C=O) groups is 1. The standard InChI is InChI=1S/C18H20Cl2N2O3/c1-22(18(23)21-15-10-13(19)9-14(20)11-15)7-6-12-4-5-16(24-2)17(8-12)25-3/h4-5,8-11H,6-7H2,1-3H3,(H,21,23). The monoisotopic (exact) mass is 382 g/mol. The first-order valence-electron chi connectivity index (χ1n) is 7.62. The molecule has 0 spiro atoms. The van der Waals surface area contributed by atoms with Crippen LogP contribution in [0.3, 0.4) is 0 Å². The Morgan fingerprint density at radius 1 is 1.04 bits per heavy atom. The van der Waals surface area contributed by atoms with Gasteiger partial charge in [-0.2, -0.15) is 0 Å². The normalized spacial score (nSPS) is 10.3. The summed E-state index contributed by atoms with van der Waals surface area (Å²) >= 11 is 11.9. The van der Waals surface area contributed by atoms with Crippen LogP contribution in [0.25, 0.3) is 0 Å². The van der Waals surface area contributed by atoms with E-state index in [2.05, 4.69) is 5.32 Å². The molecule has 0 aromatic heterocycles. The van der Waals surface area contributed by atoms with Crippen molar-refractivity contribution in [1.29, 1.82) is 0 Å². The SMILES string of the molecule is COc1ccc(CCN(C)C(=O)Nc2cc(Cl)cc(Cl)c2)cc1OC. The summed E-state index contributed by atoms with van der Waals surface area (Å²) in [4.78, 5) is 13.9. The smallest absolute Gasteiger partial charge is 0.321 e. The summed E-state index contributed by atoms with van der Waals surface area (Å²) in [6.07, 6.45) is 0.681. The van der Waals surface area contributed by atoms with E-state index in [-0.39, 0.29) is 6.03 Å². The molecular weight excluding hydrogens is 363 g/mol. The minimum atomic E-state index is -0.237. The number of nitrogens with one attached hydrogen (secondary N) is 1. The van der Waals surface area contributed by atoms with Gasteiger partial charge in [-0.1, -0.05) is 29.3 Å². The Labute approximate surface area is 157 Å². The van der Waals surface area contributed by atoms with Crippen LogP contribution in [0.2, 0.25) is 10.0 Å². The first kappa shape index (κ1) is 19.2. The number of anilines is 1. The number of hydrogen-bond donors (Lipinski definition) is 1. The topological polar surface area (TPSA) is 50.8 Å². The summed E-state index contributed by atoms with van der Waals surface area (Å²) in [6.45, 7) is 0.537. The maximum atomic E-state index is 12.3. The molecule has 134 valence electrons. The molecule has 0 saturated carbocycles.